The summed E-state index contributed by atoms with van der Waals surface area (Å²) in [5, 5.41) is 1.96. The average molecular weight is 293 g/mol. The SMILES string of the molecule is CC(c1cccs1)N(C)C(=O)c1cccc(F)c1NN. The Morgan fingerprint density at radius 2 is 2.15 bits per heavy atom. The third-order valence-corrected chi connectivity index (χ3v) is 4.29. The molecule has 1 aromatic heterocycles. The van der Waals surface area contributed by atoms with E-state index >= 15 is 0 Å². The number of nitrogens with one attached hydrogen (secondary N) is 1. The Morgan fingerprint density at radius 1 is 1.40 bits per heavy atom. The third kappa shape index (κ3) is 2.66. The van der Waals surface area contributed by atoms with Gasteiger partial charge in [-0.05, 0) is 30.5 Å². The average Bonchev–Trinajstić information content (AvgIpc) is 2.98. The quantitative estimate of drug-likeness (QED) is 0.673. The van der Waals surface area contributed by atoms with Crippen molar-refractivity contribution in [3.63, 3.8) is 0 Å². The molecule has 1 aromatic carbocycles. The number of hydrazine groups is 1. The summed E-state index contributed by atoms with van der Waals surface area (Å²) in [6, 6.07) is 8.12. The van der Waals surface area contributed by atoms with Gasteiger partial charge < -0.3 is 10.3 Å². The second-order valence-corrected chi connectivity index (χ2v) is 5.39. The molecule has 4 nitrogen and oxygen atoms in total. The molecule has 2 rings (SSSR count). The van der Waals surface area contributed by atoms with Crippen LogP contribution in [0.2, 0.25) is 0 Å². The molecule has 1 atom stereocenters. The fourth-order valence-electron chi connectivity index (χ4n) is 1.93. The molecule has 0 saturated heterocycles. The molecule has 0 bridgehead atoms. The number of benzene rings is 1. The van der Waals surface area contributed by atoms with Crippen molar-refractivity contribution in [1.29, 1.82) is 0 Å². The Bertz CT molecular complexity index is 600. The van der Waals surface area contributed by atoms with Gasteiger partial charge in [0.2, 0.25) is 0 Å². The number of rotatable bonds is 4. The predicted octanol–water partition coefficient (Wildman–Crippen LogP) is 3.01. The van der Waals surface area contributed by atoms with Crippen molar-refractivity contribution in [3.05, 3.63) is 52.0 Å². The number of nitrogen functional groups attached to an aromatic ring is 1. The zero-order valence-corrected chi connectivity index (χ0v) is 12.1. The topological polar surface area (TPSA) is 58.4 Å². The molecule has 6 heteroatoms. The smallest absolute Gasteiger partial charge is 0.256 e. The highest BCUT2D eigenvalue weighted by Crippen LogP contribution is 2.27. The zero-order chi connectivity index (χ0) is 14.7. The Morgan fingerprint density at radius 3 is 2.75 bits per heavy atom. The highest BCUT2D eigenvalue weighted by atomic mass is 32.1. The number of amides is 1. The Balaban J connectivity index is 2.29. The van der Waals surface area contributed by atoms with Gasteiger partial charge in [0.1, 0.15) is 5.82 Å². The maximum absolute atomic E-state index is 13.6. The molecule has 0 radical (unpaired) electrons. The maximum Gasteiger partial charge on any atom is 0.256 e. The lowest BCUT2D eigenvalue weighted by molar-refractivity contribution is 0.0745. The number of anilines is 1. The van der Waals surface area contributed by atoms with Crippen LogP contribution in [-0.2, 0) is 0 Å². The molecule has 0 fully saturated rings. The molecule has 106 valence electrons. The number of carbonyl (C=O) groups excluding carboxylic acids is 1. The van der Waals surface area contributed by atoms with E-state index in [4.69, 9.17) is 5.84 Å². The molecule has 20 heavy (non-hydrogen) atoms. The first-order chi connectivity index (χ1) is 9.56. The van der Waals surface area contributed by atoms with E-state index < -0.39 is 5.82 Å². The molecule has 0 saturated carbocycles. The molecule has 0 aliphatic rings. The molecule has 3 N–H and O–H groups in total. The standard InChI is InChI=1S/C14H16FN3OS/c1-9(12-7-4-8-20-12)18(2)14(19)10-5-3-6-11(15)13(10)17-16/h3-9,17H,16H2,1-2H3. The Hall–Kier alpha value is -1.92. The lowest BCUT2D eigenvalue weighted by Gasteiger charge is -2.25. The van der Waals surface area contributed by atoms with Crippen LogP contribution in [0.4, 0.5) is 10.1 Å². The summed E-state index contributed by atoms with van der Waals surface area (Å²) in [5.41, 5.74) is 2.49. The summed E-state index contributed by atoms with van der Waals surface area (Å²) in [4.78, 5) is 15.1. The van der Waals surface area contributed by atoms with Crippen molar-refractivity contribution in [2.75, 3.05) is 12.5 Å². The minimum absolute atomic E-state index is 0.0164. The van der Waals surface area contributed by atoms with E-state index in [-0.39, 0.29) is 23.2 Å². The largest absolute Gasteiger partial charge is 0.334 e. The summed E-state index contributed by atoms with van der Waals surface area (Å²) >= 11 is 1.58. The first-order valence-corrected chi connectivity index (χ1v) is 7.00. The third-order valence-electron chi connectivity index (χ3n) is 3.24. The van der Waals surface area contributed by atoms with E-state index in [0.717, 1.165) is 4.88 Å². The van der Waals surface area contributed by atoms with E-state index in [2.05, 4.69) is 5.43 Å². The van der Waals surface area contributed by atoms with Crippen LogP contribution in [0.5, 0.6) is 0 Å². The minimum atomic E-state index is -0.546. The number of thiophene rings is 1. The van der Waals surface area contributed by atoms with Gasteiger partial charge >= 0.3 is 0 Å². The summed E-state index contributed by atoms with van der Waals surface area (Å²) < 4.78 is 13.6. The summed E-state index contributed by atoms with van der Waals surface area (Å²) in [5.74, 6) is 4.48. The van der Waals surface area contributed by atoms with Gasteiger partial charge in [0, 0.05) is 11.9 Å². The van der Waals surface area contributed by atoms with Gasteiger partial charge in [0.05, 0.1) is 17.3 Å². The minimum Gasteiger partial charge on any atom is -0.334 e. The highest BCUT2D eigenvalue weighted by Gasteiger charge is 2.22. The van der Waals surface area contributed by atoms with Crippen LogP contribution in [0, 0.1) is 5.82 Å². The number of para-hydroxylation sites is 1. The van der Waals surface area contributed by atoms with E-state index in [1.54, 1.807) is 29.4 Å². The molecule has 0 spiro atoms. The highest BCUT2D eigenvalue weighted by molar-refractivity contribution is 7.10. The van der Waals surface area contributed by atoms with Gasteiger partial charge in [-0.1, -0.05) is 12.1 Å². The molecule has 1 heterocycles. The van der Waals surface area contributed by atoms with Crippen LogP contribution in [0.25, 0.3) is 0 Å². The van der Waals surface area contributed by atoms with Gasteiger partial charge in [0.25, 0.3) is 5.91 Å². The lowest BCUT2D eigenvalue weighted by Crippen LogP contribution is -2.30. The summed E-state index contributed by atoms with van der Waals surface area (Å²) in [6.07, 6.45) is 0. The number of hydrogen-bond acceptors (Lipinski definition) is 4. The molecular weight excluding hydrogens is 277 g/mol. The van der Waals surface area contributed by atoms with E-state index in [0.29, 0.717) is 0 Å². The number of nitrogens with two attached hydrogens (primary N) is 1. The number of nitrogens with zero attached hydrogens (tertiary/aromatic N) is 1. The van der Waals surface area contributed by atoms with Crippen LogP contribution < -0.4 is 11.3 Å². The second-order valence-electron chi connectivity index (χ2n) is 4.41. The van der Waals surface area contributed by atoms with Crippen molar-refractivity contribution in [2.45, 2.75) is 13.0 Å². The van der Waals surface area contributed by atoms with Gasteiger partial charge in [0.15, 0.2) is 0 Å². The lowest BCUT2D eigenvalue weighted by atomic mass is 10.1. The first-order valence-electron chi connectivity index (χ1n) is 6.12. The van der Waals surface area contributed by atoms with E-state index in [9.17, 15) is 9.18 Å². The molecule has 0 aliphatic heterocycles. The van der Waals surface area contributed by atoms with Crippen LogP contribution in [0.1, 0.15) is 28.2 Å². The fourth-order valence-corrected chi connectivity index (χ4v) is 2.76. The van der Waals surface area contributed by atoms with E-state index in [1.165, 1.54) is 12.1 Å². The summed E-state index contributed by atoms with van der Waals surface area (Å²) in [7, 11) is 1.69. The van der Waals surface area contributed by atoms with Crippen molar-refractivity contribution < 1.29 is 9.18 Å². The van der Waals surface area contributed by atoms with Crippen molar-refractivity contribution in [1.82, 2.24) is 4.90 Å². The van der Waals surface area contributed by atoms with Crippen molar-refractivity contribution in [3.8, 4) is 0 Å². The monoisotopic (exact) mass is 293 g/mol. The molecular formula is C14H16FN3OS. The summed E-state index contributed by atoms with van der Waals surface area (Å²) in [6.45, 7) is 1.93. The van der Waals surface area contributed by atoms with Crippen LogP contribution >= 0.6 is 11.3 Å². The normalized spacial score (nSPS) is 12.0. The number of halogens is 1. The first kappa shape index (κ1) is 14.5. The molecule has 1 amide bonds. The Labute approximate surface area is 121 Å². The van der Waals surface area contributed by atoms with Gasteiger partial charge in [-0.2, -0.15) is 0 Å². The fraction of sp³-hybridized carbons (Fsp3) is 0.214. The molecule has 1 unspecified atom stereocenters. The van der Waals surface area contributed by atoms with E-state index in [1.807, 2.05) is 24.4 Å². The maximum atomic E-state index is 13.6. The van der Waals surface area contributed by atoms with Crippen molar-refractivity contribution >= 4 is 22.9 Å². The van der Waals surface area contributed by atoms with Crippen molar-refractivity contribution in [2.24, 2.45) is 5.84 Å². The number of hydrogen-bond donors (Lipinski definition) is 2. The van der Waals surface area contributed by atoms with Crippen LogP contribution in [0.15, 0.2) is 35.7 Å². The van der Waals surface area contributed by atoms with Gasteiger partial charge in [-0.3, -0.25) is 10.6 Å². The molecule has 0 aliphatic carbocycles. The van der Waals surface area contributed by atoms with Gasteiger partial charge in [-0.15, -0.1) is 11.3 Å². The predicted molar refractivity (Wildman–Crippen MR) is 79.0 cm³/mol. The number of carbonyl (C=O) groups is 1. The van der Waals surface area contributed by atoms with Gasteiger partial charge in [-0.25, -0.2) is 4.39 Å². The van der Waals surface area contributed by atoms with Crippen LogP contribution in [0.3, 0.4) is 0 Å². The Kier molecular flexibility index (Phi) is 4.36. The second kappa shape index (κ2) is 6.02. The van der Waals surface area contributed by atoms with Crippen LogP contribution in [-0.4, -0.2) is 17.9 Å². The molecule has 2 aromatic rings. The zero-order valence-electron chi connectivity index (χ0n) is 11.3.